The molecule has 26 heavy (non-hydrogen) atoms. The van der Waals surface area contributed by atoms with Crippen LogP contribution in [0.3, 0.4) is 0 Å². The molecule has 138 valence electrons. The largest absolute Gasteiger partial charge is 0.346 e. The number of carbonyl (C=O) groups is 1. The molecule has 2 heterocycles. The minimum atomic E-state index is -0.248. The Hall–Kier alpha value is -2.21. The van der Waals surface area contributed by atoms with Crippen LogP contribution in [0.1, 0.15) is 43.6 Å². The van der Waals surface area contributed by atoms with Crippen LogP contribution < -0.4 is 5.32 Å². The maximum atomic E-state index is 13.3. The summed E-state index contributed by atoms with van der Waals surface area (Å²) in [5, 5.41) is 7.33. The number of hydrogen-bond acceptors (Lipinski definition) is 4. The summed E-state index contributed by atoms with van der Waals surface area (Å²) in [6.45, 7) is 4.77. The third kappa shape index (κ3) is 3.03. The molecule has 4 rings (SSSR count). The number of likely N-dealkylation sites (tertiary alicyclic amines) is 1. The number of aromatic nitrogens is 3. The van der Waals surface area contributed by atoms with Gasteiger partial charge in [-0.15, -0.1) is 0 Å². The Balaban J connectivity index is 1.47. The van der Waals surface area contributed by atoms with Crippen molar-refractivity contribution >= 4 is 5.91 Å². The molecule has 1 aliphatic heterocycles. The van der Waals surface area contributed by atoms with Crippen LogP contribution in [0.2, 0.25) is 0 Å². The first-order chi connectivity index (χ1) is 12.6. The van der Waals surface area contributed by atoms with Gasteiger partial charge < -0.3 is 5.32 Å². The number of nitrogens with one attached hydrogen (secondary N) is 1. The Morgan fingerprint density at radius 2 is 2.19 bits per heavy atom. The van der Waals surface area contributed by atoms with Gasteiger partial charge in [-0.25, -0.2) is 4.98 Å². The minimum absolute atomic E-state index is 0.131. The zero-order valence-corrected chi connectivity index (χ0v) is 15.6. The molecule has 3 atom stereocenters. The average Bonchev–Trinajstić information content (AvgIpc) is 3.30. The summed E-state index contributed by atoms with van der Waals surface area (Å²) in [7, 11) is 1.86. The summed E-state index contributed by atoms with van der Waals surface area (Å²) in [5.74, 6) is 1.44. The van der Waals surface area contributed by atoms with Crippen LogP contribution in [-0.4, -0.2) is 38.7 Å². The van der Waals surface area contributed by atoms with E-state index >= 15 is 0 Å². The molecule has 0 spiro atoms. The van der Waals surface area contributed by atoms with E-state index in [0.29, 0.717) is 5.92 Å². The molecule has 0 bridgehead atoms. The van der Waals surface area contributed by atoms with Crippen molar-refractivity contribution in [1.82, 2.24) is 25.0 Å². The van der Waals surface area contributed by atoms with Crippen molar-refractivity contribution in [3.63, 3.8) is 0 Å². The quantitative estimate of drug-likeness (QED) is 0.896. The highest BCUT2D eigenvalue weighted by Crippen LogP contribution is 2.49. The maximum absolute atomic E-state index is 13.3. The standard InChI is InChI=1S/C20H27N5O/c1-15(18-21-14-22-24(18)2)23-19(26)20-10-6-9-17(20)12-25(13-20)11-16-7-4-3-5-8-16/h3-5,7-8,14-15,17H,6,9-13H2,1-2H3,(H,23,26)/t15?,17-,20-/m1/s1. The van der Waals surface area contributed by atoms with Crippen LogP contribution in [-0.2, 0) is 18.4 Å². The Morgan fingerprint density at radius 1 is 1.38 bits per heavy atom. The predicted octanol–water partition coefficient (Wildman–Crippen LogP) is 2.29. The summed E-state index contributed by atoms with van der Waals surface area (Å²) < 4.78 is 1.73. The van der Waals surface area contributed by atoms with Crippen LogP contribution in [0.5, 0.6) is 0 Å². The minimum Gasteiger partial charge on any atom is -0.346 e. The molecule has 1 saturated heterocycles. The molecule has 1 saturated carbocycles. The molecule has 6 nitrogen and oxygen atoms in total. The van der Waals surface area contributed by atoms with E-state index in [2.05, 4.69) is 44.6 Å². The molecular weight excluding hydrogens is 326 g/mol. The monoisotopic (exact) mass is 353 g/mol. The van der Waals surface area contributed by atoms with Crippen molar-refractivity contribution in [1.29, 1.82) is 0 Å². The average molecular weight is 353 g/mol. The second kappa shape index (κ2) is 6.83. The number of aryl methyl sites for hydroxylation is 1. The van der Waals surface area contributed by atoms with Crippen molar-refractivity contribution in [2.75, 3.05) is 13.1 Å². The first kappa shape index (κ1) is 17.2. The number of carbonyl (C=O) groups excluding carboxylic acids is 1. The van der Waals surface area contributed by atoms with Crippen LogP contribution in [0.4, 0.5) is 0 Å². The predicted molar refractivity (Wildman–Crippen MR) is 99.1 cm³/mol. The van der Waals surface area contributed by atoms with Crippen molar-refractivity contribution in [3.05, 3.63) is 48.0 Å². The Labute approximate surface area is 154 Å². The van der Waals surface area contributed by atoms with E-state index in [1.54, 1.807) is 4.68 Å². The number of nitrogens with zero attached hydrogens (tertiary/aromatic N) is 4. The number of benzene rings is 1. The molecule has 2 fully saturated rings. The van der Waals surface area contributed by atoms with Gasteiger partial charge in [-0.3, -0.25) is 14.4 Å². The lowest BCUT2D eigenvalue weighted by molar-refractivity contribution is -0.132. The summed E-state index contributed by atoms with van der Waals surface area (Å²) >= 11 is 0. The van der Waals surface area contributed by atoms with Gasteiger partial charge in [0.2, 0.25) is 5.91 Å². The molecule has 1 N–H and O–H groups in total. The zero-order chi connectivity index (χ0) is 18.1. The van der Waals surface area contributed by atoms with E-state index < -0.39 is 0 Å². The fraction of sp³-hybridized carbons (Fsp3) is 0.550. The third-order valence-corrected chi connectivity index (χ3v) is 6.12. The Bertz CT molecular complexity index is 774. The molecule has 1 unspecified atom stereocenters. The number of rotatable bonds is 5. The van der Waals surface area contributed by atoms with Crippen LogP contribution in [0, 0.1) is 11.3 Å². The lowest BCUT2D eigenvalue weighted by atomic mass is 9.79. The molecule has 2 aliphatic rings. The summed E-state index contributed by atoms with van der Waals surface area (Å²) in [4.78, 5) is 20.0. The van der Waals surface area contributed by atoms with Gasteiger partial charge in [0.15, 0.2) is 0 Å². The molecule has 1 amide bonds. The van der Waals surface area contributed by atoms with E-state index in [1.807, 2.05) is 20.0 Å². The SMILES string of the molecule is CC(NC(=O)[C@@]12CCC[C@@H]1CN(Cc1ccccc1)C2)c1ncnn1C. The molecule has 0 radical (unpaired) electrons. The summed E-state index contributed by atoms with van der Waals surface area (Å²) in [6.07, 6.45) is 4.82. The molecule has 1 aliphatic carbocycles. The molecule has 1 aromatic carbocycles. The van der Waals surface area contributed by atoms with E-state index in [9.17, 15) is 4.79 Å². The normalized spacial score (nSPS) is 26.6. The lowest BCUT2D eigenvalue weighted by Gasteiger charge is -2.29. The fourth-order valence-electron chi connectivity index (χ4n) is 4.83. The first-order valence-electron chi connectivity index (χ1n) is 9.49. The Kier molecular flexibility index (Phi) is 4.53. The highest BCUT2D eigenvalue weighted by molar-refractivity contribution is 5.84. The molecule has 1 aromatic heterocycles. The highest BCUT2D eigenvalue weighted by Gasteiger charge is 2.54. The van der Waals surface area contributed by atoms with Gasteiger partial charge >= 0.3 is 0 Å². The first-order valence-corrected chi connectivity index (χ1v) is 9.49. The van der Waals surface area contributed by atoms with E-state index in [4.69, 9.17) is 0 Å². The fourth-order valence-corrected chi connectivity index (χ4v) is 4.83. The van der Waals surface area contributed by atoms with Crippen molar-refractivity contribution in [2.24, 2.45) is 18.4 Å². The van der Waals surface area contributed by atoms with E-state index in [0.717, 1.165) is 44.7 Å². The van der Waals surface area contributed by atoms with Gasteiger partial charge in [-0.05, 0) is 31.2 Å². The number of amides is 1. The molecular formula is C20H27N5O. The zero-order valence-electron chi connectivity index (χ0n) is 15.6. The number of hydrogen-bond donors (Lipinski definition) is 1. The van der Waals surface area contributed by atoms with Crippen molar-refractivity contribution in [2.45, 2.75) is 38.8 Å². The molecule has 6 heteroatoms. The third-order valence-electron chi connectivity index (χ3n) is 6.12. The van der Waals surface area contributed by atoms with E-state index in [-0.39, 0.29) is 17.4 Å². The van der Waals surface area contributed by atoms with Crippen molar-refractivity contribution in [3.8, 4) is 0 Å². The van der Waals surface area contributed by atoms with E-state index in [1.165, 1.54) is 11.9 Å². The van der Waals surface area contributed by atoms with Crippen LogP contribution in [0.15, 0.2) is 36.7 Å². The van der Waals surface area contributed by atoms with Gasteiger partial charge in [0, 0.05) is 26.7 Å². The highest BCUT2D eigenvalue weighted by atomic mass is 16.2. The number of fused-ring (bicyclic) bond motifs is 1. The molecule has 2 aromatic rings. The van der Waals surface area contributed by atoms with Crippen molar-refractivity contribution < 1.29 is 4.79 Å². The topological polar surface area (TPSA) is 63.1 Å². The van der Waals surface area contributed by atoms with Gasteiger partial charge in [-0.2, -0.15) is 5.10 Å². The smallest absolute Gasteiger partial charge is 0.228 e. The lowest BCUT2D eigenvalue weighted by Crippen LogP contribution is -2.45. The van der Waals surface area contributed by atoms with Gasteiger partial charge in [0.05, 0.1) is 11.5 Å². The Morgan fingerprint density at radius 3 is 2.92 bits per heavy atom. The summed E-state index contributed by atoms with van der Waals surface area (Å²) in [6, 6.07) is 10.4. The van der Waals surface area contributed by atoms with Gasteiger partial charge in [0.1, 0.15) is 12.2 Å². The second-order valence-electron chi connectivity index (χ2n) is 7.84. The van der Waals surface area contributed by atoms with Gasteiger partial charge in [0.25, 0.3) is 0 Å². The van der Waals surface area contributed by atoms with Crippen LogP contribution in [0.25, 0.3) is 0 Å². The van der Waals surface area contributed by atoms with Gasteiger partial charge in [-0.1, -0.05) is 36.8 Å². The summed E-state index contributed by atoms with van der Waals surface area (Å²) in [5.41, 5.74) is 1.07. The second-order valence-corrected chi connectivity index (χ2v) is 7.84. The maximum Gasteiger partial charge on any atom is 0.228 e. The van der Waals surface area contributed by atoms with Crippen LogP contribution >= 0.6 is 0 Å².